The lowest BCUT2D eigenvalue weighted by Gasteiger charge is -2.27. The second kappa shape index (κ2) is 8.22. The van der Waals surface area contributed by atoms with Crippen LogP contribution in [0.1, 0.15) is 36.1 Å². The summed E-state index contributed by atoms with van der Waals surface area (Å²) in [7, 11) is 0. The molecule has 0 saturated heterocycles. The Bertz CT molecular complexity index is 1050. The van der Waals surface area contributed by atoms with Crippen LogP contribution in [0.3, 0.4) is 0 Å². The maximum absolute atomic E-state index is 13.4. The molecule has 8 heteroatoms. The van der Waals surface area contributed by atoms with Crippen molar-refractivity contribution in [2.75, 3.05) is 4.90 Å². The SMILES string of the molecule is CC(=O)N[C@H](C(=O)N[C@H]1CCc2cccc3c2N(C1=O)[C@H](C(=O)O)C3)c1ccccc1. The molecule has 0 aliphatic carbocycles. The van der Waals surface area contributed by atoms with Crippen LogP contribution in [0, 0.1) is 0 Å². The van der Waals surface area contributed by atoms with Gasteiger partial charge in [0.25, 0.3) is 0 Å². The lowest BCUT2D eigenvalue weighted by atomic mass is 10.0. The van der Waals surface area contributed by atoms with Gasteiger partial charge in [-0.05, 0) is 29.5 Å². The van der Waals surface area contributed by atoms with E-state index >= 15 is 0 Å². The highest BCUT2D eigenvalue weighted by molar-refractivity contribution is 6.07. The number of carbonyl (C=O) groups excluding carboxylic acids is 3. The smallest absolute Gasteiger partial charge is 0.327 e. The van der Waals surface area contributed by atoms with E-state index in [1.165, 1.54) is 11.8 Å². The number of amides is 3. The summed E-state index contributed by atoms with van der Waals surface area (Å²) in [4.78, 5) is 51.3. The lowest BCUT2D eigenvalue weighted by molar-refractivity contribution is -0.140. The van der Waals surface area contributed by atoms with Crippen molar-refractivity contribution in [2.45, 2.75) is 44.3 Å². The molecule has 31 heavy (non-hydrogen) atoms. The topological polar surface area (TPSA) is 116 Å². The molecule has 3 N–H and O–H groups in total. The second-order valence-corrected chi connectivity index (χ2v) is 7.84. The van der Waals surface area contributed by atoms with Crippen LogP contribution in [0.2, 0.25) is 0 Å². The molecule has 2 aliphatic heterocycles. The van der Waals surface area contributed by atoms with Crippen molar-refractivity contribution in [3.63, 3.8) is 0 Å². The minimum Gasteiger partial charge on any atom is -0.480 e. The number of carbonyl (C=O) groups is 4. The molecule has 3 atom stereocenters. The van der Waals surface area contributed by atoms with Crippen molar-refractivity contribution in [1.82, 2.24) is 10.6 Å². The van der Waals surface area contributed by atoms with Gasteiger partial charge >= 0.3 is 5.97 Å². The number of anilines is 1. The molecule has 0 spiro atoms. The summed E-state index contributed by atoms with van der Waals surface area (Å²) in [5.41, 5.74) is 2.96. The first-order valence-electron chi connectivity index (χ1n) is 10.2. The van der Waals surface area contributed by atoms with Crippen LogP contribution in [-0.2, 0) is 32.0 Å². The van der Waals surface area contributed by atoms with Crippen molar-refractivity contribution in [1.29, 1.82) is 0 Å². The Morgan fingerprint density at radius 1 is 1.06 bits per heavy atom. The second-order valence-electron chi connectivity index (χ2n) is 7.84. The molecule has 0 aromatic heterocycles. The Hall–Kier alpha value is -3.68. The molecular weight excluding hydrogens is 398 g/mol. The van der Waals surface area contributed by atoms with E-state index in [1.54, 1.807) is 30.3 Å². The third kappa shape index (κ3) is 3.88. The number of benzene rings is 2. The van der Waals surface area contributed by atoms with E-state index in [2.05, 4.69) is 10.6 Å². The van der Waals surface area contributed by atoms with Crippen molar-refractivity contribution >= 4 is 29.4 Å². The number of carboxylic acids is 1. The van der Waals surface area contributed by atoms with Gasteiger partial charge in [0.2, 0.25) is 17.7 Å². The third-order valence-electron chi connectivity index (χ3n) is 5.75. The molecule has 2 heterocycles. The number of carboxylic acid groups (broad SMARTS) is 1. The molecule has 2 aromatic rings. The quantitative estimate of drug-likeness (QED) is 0.674. The van der Waals surface area contributed by atoms with E-state index in [0.29, 0.717) is 24.1 Å². The molecular formula is C23H23N3O5. The fourth-order valence-corrected chi connectivity index (χ4v) is 4.37. The van der Waals surface area contributed by atoms with Crippen LogP contribution in [0.4, 0.5) is 5.69 Å². The number of rotatable bonds is 5. The zero-order chi connectivity index (χ0) is 22.1. The summed E-state index contributed by atoms with van der Waals surface area (Å²) < 4.78 is 0. The standard InChI is InChI=1S/C23H23N3O5/c1-13(27)24-19(14-6-3-2-4-7-14)21(28)25-17-11-10-15-8-5-9-16-12-18(23(30)31)26(20(15)16)22(17)29/h2-9,17-19H,10-12H2,1H3,(H,24,27)(H,25,28)(H,30,31)/t17-,18-,19-/m0/s1. The molecule has 160 valence electrons. The number of nitrogens with zero attached hydrogens (tertiary/aromatic N) is 1. The predicted molar refractivity (Wildman–Crippen MR) is 112 cm³/mol. The number of para-hydroxylation sites is 1. The highest BCUT2D eigenvalue weighted by atomic mass is 16.4. The van der Waals surface area contributed by atoms with E-state index in [1.807, 2.05) is 18.2 Å². The number of nitrogens with one attached hydrogen (secondary N) is 2. The van der Waals surface area contributed by atoms with E-state index in [9.17, 15) is 24.3 Å². The Labute approximate surface area is 179 Å². The highest BCUT2D eigenvalue weighted by Crippen LogP contribution is 2.39. The third-order valence-corrected chi connectivity index (χ3v) is 5.75. The van der Waals surface area contributed by atoms with Gasteiger partial charge in [-0.25, -0.2) is 4.79 Å². The normalized spacial score (nSPS) is 20.4. The van der Waals surface area contributed by atoms with E-state index in [0.717, 1.165) is 11.1 Å². The molecule has 0 fully saturated rings. The summed E-state index contributed by atoms with van der Waals surface area (Å²) >= 11 is 0. The highest BCUT2D eigenvalue weighted by Gasteiger charge is 2.44. The van der Waals surface area contributed by atoms with Gasteiger partial charge in [0.05, 0.1) is 5.69 Å². The zero-order valence-corrected chi connectivity index (χ0v) is 17.0. The first-order chi connectivity index (χ1) is 14.9. The number of aryl methyl sites for hydroxylation is 1. The first-order valence-corrected chi connectivity index (χ1v) is 10.2. The van der Waals surface area contributed by atoms with E-state index in [-0.39, 0.29) is 12.3 Å². The van der Waals surface area contributed by atoms with Crippen LogP contribution in [0.25, 0.3) is 0 Å². The van der Waals surface area contributed by atoms with Crippen molar-refractivity contribution < 1.29 is 24.3 Å². The Balaban J connectivity index is 1.62. The molecule has 8 nitrogen and oxygen atoms in total. The molecule has 3 amide bonds. The maximum Gasteiger partial charge on any atom is 0.327 e. The molecule has 0 radical (unpaired) electrons. The molecule has 0 unspecified atom stereocenters. The average molecular weight is 421 g/mol. The van der Waals surface area contributed by atoms with Gasteiger partial charge in [-0.3, -0.25) is 19.3 Å². The van der Waals surface area contributed by atoms with Gasteiger partial charge < -0.3 is 15.7 Å². The Morgan fingerprint density at radius 3 is 2.45 bits per heavy atom. The van der Waals surface area contributed by atoms with Gasteiger partial charge in [-0.15, -0.1) is 0 Å². The zero-order valence-electron chi connectivity index (χ0n) is 17.0. The van der Waals surface area contributed by atoms with Crippen LogP contribution >= 0.6 is 0 Å². The molecule has 0 bridgehead atoms. The summed E-state index contributed by atoms with van der Waals surface area (Å²) in [6.07, 6.45) is 1.10. The van der Waals surface area contributed by atoms with Crippen LogP contribution in [0.5, 0.6) is 0 Å². The van der Waals surface area contributed by atoms with Gasteiger partial charge in [-0.1, -0.05) is 48.5 Å². The van der Waals surface area contributed by atoms with Crippen molar-refractivity contribution in [3.05, 3.63) is 65.2 Å². The van der Waals surface area contributed by atoms with Crippen molar-refractivity contribution in [3.8, 4) is 0 Å². The number of hydrogen-bond acceptors (Lipinski definition) is 4. The summed E-state index contributed by atoms with van der Waals surface area (Å²) in [6, 6.07) is 11.5. The monoisotopic (exact) mass is 421 g/mol. The van der Waals surface area contributed by atoms with Crippen LogP contribution in [-0.4, -0.2) is 40.9 Å². The van der Waals surface area contributed by atoms with Gasteiger partial charge in [0.1, 0.15) is 18.1 Å². The van der Waals surface area contributed by atoms with Crippen LogP contribution in [0.15, 0.2) is 48.5 Å². The largest absolute Gasteiger partial charge is 0.480 e. The lowest BCUT2D eigenvalue weighted by Crippen LogP contribution is -2.54. The summed E-state index contributed by atoms with van der Waals surface area (Å²) in [5.74, 6) is -2.42. The summed E-state index contributed by atoms with van der Waals surface area (Å²) in [5, 5.41) is 15.1. The average Bonchev–Trinajstić information content (AvgIpc) is 3.09. The molecule has 2 aromatic carbocycles. The van der Waals surface area contributed by atoms with E-state index < -0.39 is 35.9 Å². The first kappa shape index (κ1) is 20.6. The molecule has 4 rings (SSSR count). The van der Waals surface area contributed by atoms with Gasteiger partial charge in [0, 0.05) is 13.3 Å². The molecule has 0 saturated carbocycles. The van der Waals surface area contributed by atoms with Crippen molar-refractivity contribution in [2.24, 2.45) is 0 Å². The van der Waals surface area contributed by atoms with Crippen LogP contribution < -0.4 is 15.5 Å². The number of aliphatic carboxylic acids is 1. The minimum absolute atomic E-state index is 0.240. The van der Waals surface area contributed by atoms with E-state index in [4.69, 9.17) is 0 Å². The van der Waals surface area contributed by atoms with Gasteiger partial charge in [-0.2, -0.15) is 0 Å². The molecule has 2 aliphatic rings. The Morgan fingerprint density at radius 2 is 1.77 bits per heavy atom. The predicted octanol–water partition coefficient (Wildman–Crippen LogP) is 1.34. The maximum atomic E-state index is 13.4. The minimum atomic E-state index is -1.08. The Kier molecular flexibility index (Phi) is 5.46. The summed E-state index contributed by atoms with van der Waals surface area (Å²) in [6.45, 7) is 1.32. The number of hydrogen-bond donors (Lipinski definition) is 3. The fourth-order valence-electron chi connectivity index (χ4n) is 4.37. The van der Waals surface area contributed by atoms with Gasteiger partial charge in [0.15, 0.2) is 0 Å². The fraction of sp³-hybridized carbons (Fsp3) is 0.304.